The van der Waals surface area contributed by atoms with E-state index in [9.17, 15) is 8.78 Å². The second-order valence-corrected chi connectivity index (χ2v) is 6.44. The number of hydrogen-bond acceptors (Lipinski definition) is 3. The van der Waals surface area contributed by atoms with Crippen LogP contribution in [0.4, 0.5) is 8.78 Å². The number of likely N-dealkylation sites (N-methyl/N-ethyl adjacent to an activating group) is 1. The van der Waals surface area contributed by atoms with E-state index in [0.29, 0.717) is 18.5 Å². The SMILES string of the molecule is CC(C)N1CC[C@H](N(C)[C@H]2CCCC(F)(F)[C@@H]2N)C1. The summed E-state index contributed by atoms with van der Waals surface area (Å²) in [5, 5.41) is 0. The standard InChI is InChI=1S/C14H27F2N3/c1-10(2)19-8-6-11(9-19)18(3)12-5-4-7-14(15,16)13(12)17/h10-13H,4-9,17H2,1-3H3/t11-,12-,13+/m0/s1. The topological polar surface area (TPSA) is 32.5 Å². The molecule has 1 aliphatic heterocycles. The zero-order chi connectivity index (χ0) is 14.2. The van der Waals surface area contributed by atoms with Crippen molar-refractivity contribution in [2.75, 3.05) is 20.1 Å². The van der Waals surface area contributed by atoms with Gasteiger partial charge in [-0.15, -0.1) is 0 Å². The predicted molar refractivity (Wildman–Crippen MR) is 73.4 cm³/mol. The highest BCUT2D eigenvalue weighted by molar-refractivity contribution is 4.98. The van der Waals surface area contributed by atoms with Gasteiger partial charge in [0.25, 0.3) is 5.92 Å². The molecule has 3 nitrogen and oxygen atoms in total. The second kappa shape index (κ2) is 5.62. The van der Waals surface area contributed by atoms with Crippen molar-refractivity contribution < 1.29 is 8.78 Å². The van der Waals surface area contributed by atoms with Crippen molar-refractivity contribution in [1.29, 1.82) is 0 Å². The van der Waals surface area contributed by atoms with Crippen LogP contribution in [0.2, 0.25) is 0 Å². The molecule has 1 heterocycles. The molecule has 3 atom stereocenters. The Bertz CT molecular complexity index is 309. The highest BCUT2D eigenvalue weighted by atomic mass is 19.3. The average Bonchev–Trinajstić information content (AvgIpc) is 2.81. The van der Waals surface area contributed by atoms with Crippen molar-refractivity contribution in [3.63, 3.8) is 0 Å². The van der Waals surface area contributed by atoms with E-state index in [2.05, 4.69) is 23.6 Å². The van der Waals surface area contributed by atoms with E-state index in [4.69, 9.17) is 5.73 Å². The fourth-order valence-corrected chi connectivity index (χ4v) is 3.47. The zero-order valence-electron chi connectivity index (χ0n) is 12.3. The first-order valence-electron chi connectivity index (χ1n) is 7.42. The van der Waals surface area contributed by atoms with Crippen LogP contribution in [0.15, 0.2) is 0 Å². The van der Waals surface area contributed by atoms with Gasteiger partial charge in [0.05, 0.1) is 6.04 Å². The summed E-state index contributed by atoms with van der Waals surface area (Å²) in [7, 11) is 1.97. The molecule has 2 aliphatic rings. The van der Waals surface area contributed by atoms with E-state index in [1.54, 1.807) is 0 Å². The minimum Gasteiger partial charge on any atom is -0.321 e. The molecule has 0 aromatic heterocycles. The smallest absolute Gasteiger partial charge is 0.264 e. The van der Waals surface area contributed by atoms with Crippen LogP contribution in [-0.2, 0) is 0 Å². The summed E-state index contributed by atoms with van der Waals surface area (Å²) in [6, 6.07) is -0.299. The molecule has 2 N–H and O–H groups in total. The minimum atomic E-state index is -2.70. The third-order valence-electron chi connectivity index (χ3n) is 4.94. The third-order valence-corrected chi connectivity index (χ3v) is 4.94. The predicted octanol–water partition coefficient (Wildman–Crippen LogP) is 1.92. The van der Waals surface area contributed by atoms with Crippen molar-refractivity contribution >= 4 is 0 Å². The van der Waals surface area contributed by atoms with E-state index >= 15 is 0 Å². The first-order valence-corrected chi connectivity index (χ1v) is 7.42. The van der Waals surface area contributed by atoms with Crippen molar-refractivity contribution in [2.45, 2.75) is 69.6 Å². The van der Waals surface area contributed by atoms with Gasteiger partial charge in [0, 0.05) is 37.6 Å². The lowest BCUT2D eigenvalue weighted by Crippen LogP contribution is -2.60. The number of halogens is 2. The lowest BCUT2D eigenvalue weighted by Gasteiger charge is -2.42. The van der Waals surface area contributed by atoms with E-state index < -0.39 is 12.0 Å². The Labute approximate surface area is 115 Å². The summed E-state index contributed by atoms with van der Waals surface area (Å²) in [4.78, 5) is 4.54. The molecule has 2 rings (SSSR count). The molecule has 1 saturated carbocycles. The van der Waals surface area contributed by atoms with E-state index in [-0.39, 0.29) is 12.5 Å². The number of hydrogen-bond donors (Lipinski definition) is 1. The highest BCUT2D eigenvalue weighted by Gasteiger charge is 2.47. The van der Waals surface area contributed by atoms with Gasteiger partial charge in [-0.1, -0.05) is 0 Å². The quantitative estimate of drug-likeness (QED) is 0.854. The maximum Gasteiger partial charge on any atom is 0.264 e. The molecule has 5 heteroatoms. The number of rotatable bonds is 3. The van der Waals surface area contributed by atoms with E-state index in [1.165, 1.54) is 0 Å². The van der Waals surface area contributed by atoms with Crippen LogP contribution in [0, 0.1) is 0 Å². The van der Waals surface area contributed by atoms with Gasteiger partial charge >= 0.3 is 0 Å². The highest BCUT2D eigenvalue weighted by Crippen LogP contribution is 2.35. The third kappa shape index (κ3) is 3.09. The molecule has 0 amide bonds. The van der Waals surface area contributed by atoms with Gasteiger partial charge in [0.15, 0.2) is 0 Å². The number of likely N-dealkylation sites (tertiary alicyclic amines) is 1. The van der Waals surface area contributed by atoms with Gasteiger partial charge in [-0.25, -0.2) is 8.78 Å². The first kappa shape index (κ1) is 15.1. The summed E-state index contributed by atoms with van der Waals surface area (Å²) < 4.78 is 27.5. The lowest BCUT2D eigenvalue weighted by atomic mass is 9.86. The Morgan fingerprint density at radius 1 is 1.32 bits per heavy atom. The Morgan fingerprint density at radius 2 is 2.00 bits per heavy atom. The van der Waals surface area contributed by atoms with Crippen LogP contribution < -0.4 is 5.73 Å². The fourth-order valence-electron chi connectivity index (χ4n) is 3.47. The number of nitrogens with two attached hydrogens (primary N) is 1. The van der Waals surface area contributed by atoms with Gasteiger partial charge in [0.2, 0.25) is 0 Å². The monoisotopic (exact) mass is 275 g/mol. The summed E-state index contributed by atoms with van der Waals surface area (Å²) in [6.45, 7) is 6.40. The number of nitrogens with zero attached hydrogens (tertiary/aromatic N) is 2. The van der Waals surface area contributed by atoms with Crippen molar-refractivity contribution in [2.24, 2.45) is 5.73 Å². The molecule has 2 fully saturated rings. The van der Waals surface area contributed by atoms with Gasteiger partial charge in [-0.2, -0.15) is 0 Å². The fraction of sp³-hybridized carbons (Fsp3) is 1.00. The molecule has 112 valence electrons. The molecular weight excluding hydrogens is 248 g/mol. The second-order valence-electron chi connectivity index (χ2n) is 6.44. The Balaban J connectivity index is 1.98. The van der Waals surface area contributed by atoms with Crippen LogP contribution >= 0.6 is 0 Å². The van der Waals surface area contributed by atoms with Gasteiger partial charge in [-0.3, -0.25) is 9.80 Å². The van der Waals surface area contributed by atoms with Crippen molar-refractivity contribution in [3.8, 4) is 0 Å². The summed E-state index contributed by atoms with van der Waals surface area (Å²) in [5.41, 5.74) is 5.81. The van der Waals surface area contributed by atoms with Crippen LogP contribution in [0.3, 0.4) is 0 Å². The van der Waals surface area contributed by atoms with E-state index in [1.807, 2.05) is 7.05 Å². The molecule has 0 bridgehead atoms. The molecule has 1 aliphatic carbocycles. The lowest BCUT2D eigenvalue weighted by molar-refractivity contribution is -0.0839. The van der Waals surface area contributed by atoms with Gasteiger partial charge in [0.1, 0.15) is 0 Å². The summed E-state index contributed by atoms with van der Waals surface area (Å²) in [5.74, 6) is -2.70. The van der Waals surface area contributed by atoms with Gasteiger partial charge in [-0.05, 0) is 40.2 Å². The normalized spacial score (nSPS) is 36.3. The van der Waals surface area contributed by atoms with Crippen LogP contribution in [0.5, 0.6) is 0 Å². The maximum atomic E-state index is 13.7. The molecule has 1 saturated heterocycles. The molecule has 0 unspecified atom stereocenters. The molecule has 0 radical (unpaired) electrons. The first-order chi connectivity index (χ1) is 8.83. The zero-order valence-corrected chi connectivity index (χ0v) is 12.3. The molecule has 0 spiro atoms. The Kier molecular flexibility index (Phi) is 4.48. The molecule has 0 aromatic carbocycles. The molecule has 19 heavy (non-hydrogen) atoms. The molecular formula is C14H27F2N3. The summed E-state index contributed by atoms with van der Waals surface area (Å²) in [6.07, 6.45) is 2.38. The Morgan fingerprint density at radius 3 is 2.58 bits per heavy atom. The summed E-state index contributed by atoms with van der Waals surface area (Å²) >= 11 is 0. The number of alkyl halides is 2. The minimum absolute atomic E-state index is 0.0543. The van der Waals surface area contributed by atoms with Crippen LogP contribution in [-0.4, -0.2) is 60.0 Å². The van der Waals surface area contributed by atoms with E-state index in [0.717, 1.165) is 25.9 Å². The maximum absolute atomic E-state index is 13.7. The molecule has 0 aromatic rings. The van der Waals surface area contributed by atoms with Crippen LogP contribution in [0.25, 0.3) is 0 Å². The average molecular weight is 275 g/mol. The Hall–Kier alpha value is -0.260. The largest absolute Gasteiger partial charge is 0.321 e. The van der Waals surface area contributed by atoms with Gasteiger partial charge < -0.3 is 5.73 Å². The van der Waals surface area contributed by atoms with Crippen molar-refractivity contribution in [3.05, 3.63) is 0 Å². The van der Waals surface area contributed by atoms with Crippen molar-refractivity contribution in [1.82, 2.24) is 9.80 Å². The van der Waals surface area contributed by atoms with Crippen LogP contribution in [0.1, 0.15) is 39.5 Å².